The lowest BCUT2D eigenvalue weighted by Crippen LogP contribution is -2.05. The Labute approximate surface area is 125 Å². The Morgan fingerprint density at radius 1 is 1.39 bits per heavy atom. The molecule has 2 rings (SSSR count). The van der Waals surface area contributed by atoms with Crippen LogP contribution in [-0.4, -0.2) is 17.0 Å². The third kappa shape index (κ3) is 2.66. The van der Waals surface area contributed by atoms with Gasteiger partial charge in [-0.2, -0.15) is 0 Å². The zero-order chi connectivity index (χ0) is 13.1. The largest absolute Gasteiger partial charge is 0.372 e. The summed E-state index contributed by atoms with van der Waals surface area (Å²) in [5, 5.41) is 5.25. The van der Waals surface area contributed by atoms with Crippen molar-refractivity contribution >= 4 is 39.7 Å². The van der Waals surface area contributed by atoms with Crippen molar-refractivity contribution in [1.82, 2.24) is 9.97 Å². The molecule has 0 fully saturated rings. The molecule has 2 aromatic rings. The predicted molar refractivity (Wildman–Crippen MR) is 86.3 cm³/mol. The standard InChI is InChI=1S/C13H16IN3S/c1-4-5-9-10(14)12(15-3)17-13(16-9)11-8(2)6-7-18-11/h6-7H,4-5H2,1-3H3,(H,15,16,17). The molecule has 0 saturated heterocycles. The van der Waals surface area contributed by atoms with Crippen molar-refractivity contribution in [3.8, 4) is 10.7 Å². The maximum Gasteiger partial charge on any atom is 0.172 e. The van der Waals surface area contributed by atoms with E-state index in [1.165, 1.54) is 10.4 Å². The highest BCUT2D eigenvalue weighted by Gasteiger charge is 2.14. The van der Waals surface area contributed by atoms with E-state index in [0.717, 1.165) is 33.7 Å². The molecule has 0 saturated carbocycles. The van der Waals surface area contributed by atoms with E-state index in [4.69, 9.17) is 4.98 Å². The highest BCUT2D eigenvalue weighted by atomic mass is 127. The monoisotopic (exact) mass is 373 g/mol. The third-order valence-electron chi connectivity index (χ3n) is 2.71. The molecule has 0 aliphatic rings. The van der Waals surface area contributed by atoms with Crippen molar-refractivity contribution in [1.29, 1.82) is 0 Å². The Balaban J connectivity index is 2.55. The molecule has 0 aromatic carbocycles. The van der Waals surface area contributed by atoms with Crippen molar-refractivity contribution in [3.05, 3.63) is 26.3 Å². The van der Waals surface area contributed by atoms with Crippen molar-refractivity contribution in [2.75, 3.05) is 12.4 Å². The summed E-state index contributed by atoms with van der Waals surface area (Å²) in [6.45, 7) is 4.28. The average Bonchev–Trinajstić information content (AvgIpc) is 2.78. The van der Waals surface area contributed by atoms with E-state index in [-0.39, 0.29) is 0 Å². The van der Waals surface area contributed by atoms with Gasteiger partial charge in [-0.05, 0) is 52.9 Å². The zero-order valence-electron chi connectivity index (χ0n) is 10.7. The highest BCUT2D eigenvalue weighted by Crippen LogP contribution is 2.29. The number of hydrogen-bond acceptors (Lipinski definition) is 4. The maximum absolute atomic E-state index is 4.73. The van der Waals surface area contributed by atoms with Crippen LogP contribution in [-0.2, 0) is 6.42 Å². The van der Waals surface area contributed by atoms with Gasteiger partial charge in [0, 0.05) is 7.05 Å². The molecule has 96 valence electrons. The number of aryl methyl sites for hydroxylation is 2. The zero-order valence-corrected chi connectivity index (χ0v) is 13.7. The van der Waals surface area contributed by atoms with E-state index in [2.05, 4.69) is 58.2 Å². The molecule has 0 radical (unpaired) electrons. The molecule has 0 aliphatic carbocycles. The number of nitrogens with one attached hydrogen (secondary N) is 1. The molecule has 0 aliphatic heterocycles. The number of halogens is 1. The molecule has 1 N–H and O–H groups in total. The minimum atomic E-state index is 0.843. The van der Waals surface area contributed by atoms with E-state index in [0.29, 0.717) is 0 Å². The lowest BCUT2D eigenvalue weighted by molar-refractivity contribution is 0.868. The number of anilines is 1. The van der Waals surface area contributed by atoms with Gasteiger partial charge in [-0.3, -0.25) is 0 Å². The first-order chi connectivity index (χ1) is 8.67. The lowest BCUT2D eigenvalue weighted by Gasteiger charge is -2.10. The minimum absolute atomic E-state index is 0.843. The summed E-state index contributed by atoms with van der Waals surface area (Å²) in [4.78, 5) is 10.5. The third-order valence-corrected chi connectivity index (χ3v) is 4.85. The lowest BCUT2D eigenvalue weighted by atomic mass is 10.2. The van der Waals surface area contributed by atoms with E-state index >= 15 is 0 Å². The average molecular weight is 373 g/mol. The topological polar surface area (TPSA) is 37.8 Å². The van der Waals surface area contributed by atoms with E-state index in [9.17, 15) is 0 Å². The van der Waals surface area contributed by atoms with Gasteiger partial charge < -0.3 is 5.32 Å². The van der Waals surface area contributed by atoms with Crippen molar-refractivity contribution in [3.63, 3.8) is 0 Å². The fourth-order valence-electron chi connectivity index (χ4n) is 1.77. The summed E-state index contributed by atoms with van der Waals surface area (Å²) in [6, 6.07) is 2.11. The molecule has 2 heterocycles. The van der Waals surface area contributed by atoms with Gasteiger partial charge in [-0.25, -0.2) is 9.97 Å². The van der Waals surface area contributed by atoms with Crippen LogP contribution in [0.4, 0.5) is 5.82 Å². The second kappa shape index (κ2) is 5.97. The molecule has 18 heavy (non-hydrogen) atoms. The Kier molecular flexibility index (Phi) is 4.55. The van der Waals surface area contributed by atoms with E-state index in [1.54, 1.807) is 11.3 Å². The van der Waals surface area contributed by atoms with Crippen LogP contribution >= 0.6 is 33.9 Å². The fraction of sp³-hybridized carbons (Fsp3) is 0.385. The summed E-state index contributed by atoms with van der Waals surface area (Å²) in [7, 11) is 1.91. The quantitative estimate of drug-likeness (QED) is 0.820. The molecule has 0 atom stereocenters. The van der Waals surface area contributed by atoms with Crippen LogP contribution in [0.3, 0.4) is 0 Å². The summed E-state index contributed by atoms with van der Waals surface area (Å²) in [6.07, 6.45) is 2.09. The van der Waals surface area contributed by atoms with E-state index < -0.39 is 0 Å². The van der Waals surface area contributed by atoms with Gasteiger partial charge in [0.05, 0.1) is 14.1 Å². The van der Waals surface area contributed by atoms with E-state index in [1.807, 2.05) is 7.05 Å². The smallest absolute Gasteiger partial charge is 0.172 e. The molecule has 3 nitrogen and oxygen atoms in total. The van der Waals surface area contributed by atoms with Crippen LogP contribution in [0.5, 0.6) is 0 Å². The van der Waals surface area contributed by atoms with Gasteiger partial charge in [-0.15, -0.1) is 11.3 Å². The van der Waals surface area contributed by atoms with Crippen LogP contribution < -0.4 is 5.32 Å². The van der Waals surface area contributed by atoms with Crippen LogP contribution in [0.1, 0.15) is 24.6 Å². The Morgan fingerprint density at radius 2 is 2.17 bits per heavy atom. The first kappa shape index (κ1) is 13.7. The van der Waals surface area contributed by atoms with Crippen molar-refractivity contribution in [2.24, 2.45) is 0 Å². The SMILES string of the molecule is CCCc1nc(-c2sccc2C)nc(NC)c1I. The highest BCUT2D eigenvalue weighted by molar-refractivity contribution is 14.1. The predicted octanol–water partition coefficient (Wildman–Crippen LogP) is 4.11. The number of nitrogens with zero attached hydrogens (tertiary/aromatic N) is 2. The first-order valence-electron chi connectivity index (χ1n) is 5.96. The minimum Gasteiger partial charge on any atom is -0.372 e. The molecule has 5 heteroatoms. The number of aromatic nitrogens is 2. The fourth-order valence-corrected chi connectivity index (χ4v) is 3.40. The van der Waals surface area contributed by atoms with Crippen molar-refractivity contribution < 1.29 is 0 Å². The first-order valence-corrected chi connectivity index (χ1v) is 7.91. The molecule has 2 aromatic heterocycles. The Bertz CT molecular complexity index is 551. The summed E-state index contributed by atoms with van der Waals surface area (Å²) in [5.74, 6) is 1.77. The molecule has 0 bridgehead atoms. The summed E-state index contributed by atoms with van der Waals surface area (Å²) < 4.78 is 1.13. The molecular weight excluding hydrogens is 357 g/mol. The number of thiophene rings is 1. The van der Waals surface area contributed by atoms with Gasteiger partial charge in [0.2, 0.25) is 0 Å². The van der Waals surface area contributed by atoms with Gasteiger partial charge in [0.1, 0.15) is 5.82 Å². The van der Waals surface area contributed by atoms with Crippen LogP contribution in [0.2, 0.25) is 0 Å². The second-order valence-electron chi connectivity index (χ2n) is 4.09. The van der Waals surface area contributed by atoms with Crippen LogP contribution in [0.25, 0.3) is 10.7 Å². The second-order valence-corrected chi connectivity index (χ2v) is 6.08. The normalized spacial score (nSPS) is 10.7. The summed E-state index contributed by atoms with van der Waals surface area (Å²) in [5.41, 5.74) is 2.38. The van der Waals surface area contributed by atoms with Crippen LogP contribution in [0.15, 0.2) is 11.4 Å². The Morgan fingerprint density at radius 3 is 2.72 bits per heavy atom. The maximum atomic E-state index is 4.73. The van der Waals surface area contributed by atoms with Gasteiger partial charge in [0.15, 0.2) is 5.82 Å². The van der Waals surface area contributed by atoms with Crippen molar-refractivity contribution in [2.45, 2.75) is 26.7 Å². The molecular formula is C13H16IN3S. The Hall–Kier alpha value is -0.690. The molecule has 0 spiro atoms. The van der Waals surface area contributed by atoms with Gasteiger partial charge in [0.25, 0.3) is 0 Å². The summed E-state index contributed by atoms with van der Waals surface area (Å²) >= 11 is 4.02. The van der Waals surface area contributed by atoms with Gasteiger partial charge in [-0.1, -0.05) is 13.3 Å². The molecule has 0 amide bonds. The molecule has 0 unspecified atom stereocenters. The number of rotatable bonds is 4. The van der Waals surface area contributed by atoms with Crippen LogP contribution in [0, 0.1) is 10.5 Å². The number of hydrogen-bond donors (Lipinski definition) is 1. The van der Waals surface area contributed by atoms with Gasteiger partial charge >= 0.3 is 0 Å².